The molecule has 6 heteroatoms. The Hall–Kier alpha value is -3.90. The van der Waals surface area contributed by atoms with Crippen molar-refractivity contribution < 1.29 is 9.59 Å². The summed E-state index contributed by atoms with van der Waals surface area (Å²) in [5, 5.41) is 6.54. The van der Waals surface area contributed by atoms with Gasteiger partial charge in [-0.2, -0.15) is 0 Å². The van der Waals surface area contributed by atoms with Crippen LogP contribution >= 0.6 is 0 Å². The molecular weight excluding hydrogens is 460 g/mol. The molecule has 4 rings (SSSR count). The normalized spacial score (nSPS) is 13.8. The molecule has 2 N–H and O–H groups in total. The average Bonchev–Trinajstić information content (AvgIpc) is 3.21. The monoisotopic (exact) mass is 496 g/mol. The molecule has 1 aliphatic heterocycles. The summed E-state index contributed by atoms with van der Waals surface area (Å²) in [6.45, 7) is 6.39. The number of anilines is 2. The summed E-state index contributed by atoms with van der Waals surface area (Å²) in [5.74, 6) is -0.190. The molecule has 0 fully saturated rings. The Kier molecular flexibility index (Phi) is 8.41. The molecule has 6 nitrogen and oxygen atoms in total. The maximum Gasteiger partial charge on any atom is 0.258 e. The van der Waals surface area contributed by atoms with E-state index in [-0.39, 0.29) is 11.8 Å². The molecule has 1 aliphatic rings. The molecule has 3 aromatic carbocycles. The maximum absolute atomic E-state index is 13.4. The lowest BCUT2D eigenvalue weighted by Crippen LogP contribution is -2.32. The van der Waals surface area contributed by atoms with E-state index in [0.29, 0.717) is 35.6 Å². The van der Waals surface area contributed by atoms with Crippen molar-refractivity contribution >= 4 is 34.5 Å². The number of amides is 2. The van der Waals surface area contributed by atoms with E-state index in [1.54, 1.807) is 0 Å². The van der Waals surface area contributed by atoms with E-state index in [4.69, 9.17) is 0 Å². The third-order valence-electron chi connectivity index (χ3n) is 6.29. The number of nitrogens with zero attached hydrogens (tertiary/aromatic N) is 2. The van der Waals surface area contributed by atoms with Gasteiger partial charge < -0.3 is 20.4 Å². The summed E-state index contributed by atoms with van der Waals surface area (Å²) in [7, 11) is 4.08. The van der Waals surface area contributed by atoms with Gasteiger partial charge in [-0.1, -0.05) is 56.3 Å². The lowest BCUT2D eigenvalue weighted by atomic mass is 9.98. The van der Waals surface area contributed by atoms with Crippen LogP contribution in [0.4, 0.5) is 11.4 Å². The fourth-order valence-corrected chi connectivity index (χ4v) is 4.73. The van der Waals surface area contributed by atoms with Crippen molar-refractivity contribution in [3.63, 3.8) is 0 Å². The largest absolute Gasteiger partial charge is 0.354 e. The van der Waals surface area contributed by atoms with Gasteiger partial charge in [0.2, 0.25) is 0 Å². The Balaban J connectivity index is 1.81. The Morgan fingerprint density at radius 3 is 2.27 bits per heavy atom. The number of carbonyl (C=O) groups is 2. The van der Waals surface area contributed by atoms with Gasteiger partial charge >= 0.3 is 0 Å². The van der Waals surface area contributed by atoms with Crippen molar-refractivity contribution in [2.24, 2.45) is 0 Å². The molecule has 2 amide bonds. The number of nitrogens with one attached hydrogen (secondary N) is 2. The molecular formula is C31H36N4O2. The zero-order chi connectivity index (χ0) is 26.4. The van der Waals surface area contributed by atoms with Gasteiger partial charge in [-0.05, 0) is 68.4 Å². The Morgan fingerprint density at radius 2 is 1.59 bits per heavy atom. The predicted octanol–water partition coefficient (Wildman–Crippen LogP) is 5.94. The van der Waals surface area contributed by atoms with Gasteiger partial charge in [-0.15, -0.1) is 0 Å². The standard InChI is InChI=1S/C31H36N4O2/c1-5-17-35(18-6-2)31(37)24-15-16-27-26(20-24)28(30(36)33-27)29(23-12-8-7-9-13-23)32-25-14-10-11-22(19-25)21-34(3)4/h7-16,19-20,32H,5-6,17-18,21H2,1-4H3,(H,33,36). The molecule has 0 atom stereocenters. The fourth-order valence-electron chi connectivity index (χ4n) is 4.73. The van der Waals surface area contributed by atoms with Crippen LogP contribution in [0.1, 0.15) is 53.7 Å². The number of hydrogen-bond donors (Lipinski definition) is 2. The molecule has 0 aromatic heterocycles. The first-order chi connectivity index (χ1) is 17.9. The number of benzene rings is 3. The maximum atomic E-state index is 13.4. The SMILES string of the molecule is CCCN(CCC)C(=O)c1ccc2c(c1)C(=C(Nc1cccc(CN(C)C)c1)c1ccccc1)C(=O)N2. The van der Waals surface area contributed by atoms with E-state index in [1.807, 2.05) is 79.7 Å². The Labute approximate surface area is 220 Å². The molecule has 37 heavy (non-hydrogen) atoms. The van der Waals surface area contributed by atoms with Gasteiger partial charge in [0.05, 0.1) is 11.3 Å². The van der Waals surface area contributed by atoms with Crippen LogP contribution < -0.4 is 10.6 Å². The Bertz CT molecular complexity index is 1290. The minimum Gasteiger partial charge on any atom is -0.354 e. The summed E-state index contributed by atoms with van der Waals surface area (Å²) in [4.78, 5) is 30.7. The summed E-state index contributed by atoms with van der Waals surface area (Å²) in [5.41, 5.74) is 6.25. The first-order valence-electron chi connectivity index (χ1n) is 13.0. The highest BCUT2D eigenvalue weighted by Gasteiger charge is 2.30. The summed E-state index contributed by atoms with van der Waals surface area (Å²) >= 11 is 0. The van der Waals surface area contributed by atoms with Crippen molar-refractivity contribution in [2.75, 3.05) is 37.8 Å². The van der Waals surface area contributed by atoms with Crippen molar-refractivity contribution in [3.05, 3.63) is 95.1 Å². The van der Waals surface area contributed by atoms with Gasteiger partial charge in [0.25, 0.3) is 11.8 Å². The van der Waals surface area contributed by atoms with Gasteiger partial charge in [0.15, 0.2) is 0 Å². The minimum atomic E-state index is -0.186. The molecule has 0 spiro atoms. The third-order valence-corrected chi connectivity index (χ3v) is 6.29. The molecule has 0 bridgehead atoms. The van der Waals surface area contributed by atoms with E-state index < -0.39 is 0 Å². The molecule has 0 unspecified atom stereocenters. The highest BCUT2D eigenvalue weighted by Crippen LogP contribution is 2.38. The van der Waals surface area contributed by atoms with Crippen molar-refractivity contribution in [2.45, 2.75) is 33.2 Å². The summed E-state index contributed by atoms with van der Waals surface area (Å²) in [6.07, 6.45) is 1.80. The molecule has 1 heterocycles. The lowest BCUT2D eigenvalue weighted by Gasteiger charge is -2.22. The van der Waals surface area contributed by atoms with E-state index >= 15 is 0 Å². The Morgan fingerprint density at radius 1 is 0.865 bits per heavy atom. The quantitative estimate of drug-likeness (QED) is 0.341. The van der Waals surface area contributed by atoms with Gasteiger partial charge in [-0.25, -0.2) is 0 Å². The van der Waals surface area contributed by atoms with Crippen LogP contribution in [0.3, 0.4) is 0 Å². The van der Waals surface area contributed by atoms with Crippen molar-refractivity contribution in [1.82, 2.24) is 9.80 Å². The number of fused-ring (bicyclic) bond motifs is 1. The highest BCUT2D eigenvalue weighted by atomic mass is 16.2. The van der Waals surface area contributed by atoms with Gasteiger partial charge in [0.1, 0.15) is 0 Å². The van der Waals surface area contributed by atoms with Gasteiger partial charge in [-0.3, -0.25) is 9.59 Å². The van der Waals surface area contributed by atoms with Crippen LogP contribution in [0.5, 0.6) is 0 Å². The van der Waals surface area contributed by atoms with E-state index in [9.17, 15) is 9.59 Å². The molecule has 3 aromatic rings. The number of carbonyl (C=O) groups excluding carboxylic acids is 2. The van der Waals surface area contributed by atoms with Crippen LogP contribution in [0, 0.1) is 0 Å². The topological polar surface area (TPSA) is 64.7 Å². The highest BCUT2D eigenvalue weighted by molar-refractivity contribution is 6.37. The molecule has 0 saturated carbocycles. The minimum absolute atomic E-state index is 0.00388. The third kappa shape index (κ3) is 6.09. The van der Waals surface area contributed by atoms with E-state index in [2.05, 4.69) is 41.5 Å². The number of rotatable bonds is 10. The zero-order valence-electron chi connectivity index (χ0n) is 22.2. The summed E-state index contributed by atoms with van der Waals surface area (Å²) in [6, 6.07) is 23.6. The van der Waals surface area contributed by atoms with Crippen LogP contribution in [-0.2, 0) is 11.3 Å². The van der Waals surface area contributed by atoms with E-state index in [1.165, 1.54) is 5.56 Å². The second-order valence-corrected chi connectivity index (χ2v) is 9.69. The lowest BCUT2D eigenvalue weighted by molar-refractivity contribution is -0.110. The number of hydrogen-bond acceptors (Lipinski definition) is 4. The van der Waals surface area contributed by atoms with Crippen LogP contribution in [-0.4, -0.2) is 48.8 Å². The summed E-state index contributed by atoms with van der Waals surface area (Å²) < 4.78 is 0. The first-order valence-corrected chi connectivity index (χ1v) is 13.0. The smallest absolute Gasteiger partial charge is 0.258 e. The zero-order valence-corrected chi connectivity index (χ0v) is 22.2. The predicted molar refractivity (Wildman–Crippen MR) is 152 cm³/mol. The second kappa shape index (κ2) is 11.9. The van der Waals surface area contributed by atoms with Crippen LogP contribution in [0.15, 0.2) is 72.8 Å². The van der Waals surface area contributed by atoms with Crippen molar-refractivity contribution in [3.8, 4) is 0 Å². The van der Waals surface area contributed by atoms with Crippen molar-refractivity contribution in [1.29, 1.82) is 0 Å². The van der Waals surface area contributed by atoms with Crippen LogP contribution in [0.2, 0.25) is 0 Å². The van der Waals surface area contributed by atoms with Gasteiger partial charge in [0, 0.05) is 42.1 Å². The second-order valence-electron chi connectivity index (χ2n) is 9.69. The molecule has 0 radical (unpaired) electrons. The average molecular weight is 497 g/mol. The first kappa shape index (κ1) is 26.2. The van der Waals surface area contributed by atoms with E-state index in [0.717, 1.165) is 36.2 Å². The van der Waals surface area contributed by atoms with Crippen LogP contribution in [0.25, 0.3) is 11.3 Å². The molecule has 0 aliphatic carbocycles. The molecule has 192 valence electrons. The molecule has 0 saturated heterocycles. The fraction of sp³-hybridized carbons (Fsp3) is 0.290.